The average Bonchev–Trinajstić information content (AvgIpc) is 2.85. The van der Waals surface area contributed by atoms with Crippen molar-refractivity contribution in [3.63, 3.8) is 0 Å². The highest BCUT2D eigenvalue weighted by Crippen LogP contribution is 2.53. The zero-order valence-corrected chi connectivity index (χ0v) is 17.8. The summed E-state index contributed by atoms with van der Waals surface area (Å²) in [6.45, 7) is 6.18. The Morgan fingerprint density at radius 1 is 1.31 bits per heavy atom. The Morgan fingerprint density at radius 2 is 2.14 bits per heavy atom. The van der Waals surface area contributed by atoms with Crippen LogP contribution >= 0.6 is 0 Å². The fourth-order valence-corrected chi connectivity index (χ4v) is 5.69. The molecule has 1 aromatic carbocycles. The largest absolute Gasteiger partial charge is 0.390 e. The topological polar surface area (TPSA) is 62.2 Å². The van der Waals surface area contributed by atoms with E-state index in [4.69, 9.17) is 0 Å². The minimum atomic E-state index is -0.546. The molecular weight excluding hydrogens is 360 g/mol. The number of pyridine rings is 1. The van der Waals surface area contributed by atoms with E-state index in [1.165, 1.54) is 11.1 Å². The van der Waals surface area contributed by atoms with Crippen LogP contribution in [0.1, 0.15) is 79.6 Å². The van der Waals surface area contributed by atoms with E-state index >= 15 is 0 Å². The number of aryl methyl sites for hydroxylation is 2. The third-order valence-corrected chi connectivity index (χ3v) is 7.37. The van der Waals surface area contributed by atoms with Crippen LogP contribution in [0.25, 0.3) is 0 Å². The fourth-order valence-electron chi connectivity index (χ4n) is 5.69. The molecule has 29 heavy (non-hydrogen) atoms. The molecule has 2 aliphatic rings. The van der Waals surface area contributed by atoms with E-state index in [1.807, 2.05) is 32.0 Å². The van der Waals surface area contributed by atoms with Gasteiger partial charge in [0.1, 0.15) is 0 Å². The Morgan fingerprint density at radius 3 is 2.90 bits per heavy atom. The molecule has 0 radical (unpaired) electrons. The monoisotopic (exact) mass is 392 g/mol. The number of aliphatic hydroxyl groups is 1. The SMILES string of the molecule is CCC12CCC(C)(O)CC1CCCc1cc(C(=O)Nc3cccnc3C)ccc12. The summed E-state index contributed by atoms with van der Waals surface area (Å²) in [6.07, 6.45) is 8.83. The van der Waals surface area contributed by atoms with Crippen molar-refractivity contribution in [1.29, 1.82) is 0 Å². The molecule has 2 N–H and O–H groups in total. The number of benzene rings is 1. The normalized spacial score (nSPS) is 28.8. The number of aromatic nitrogens is 1. The molecule has 0 aliphatic heterocycles. The van der Waals surface area contributed by atoms with Crippen LogP contribution < -0.4 is 5.32 Å². The van der Waals surface area contributed by atoms with Crippen molar-refractivity contribution in [3.05, 3.63) is 58.9 Å². The fraction of sp³-hybridized carbons (Fsp3) is 0.520. The van der Waals surface area contributed by atoms with Crippen LogP contribution in [-0.4, -0.2) is 21.6 Å². The van der Waals surface area contributed by atoms with E-state index in [9.17, 15) is 9.90 Å². The number of anilines is 1. The molecule has 4 rings (SSSR count). The Bertz CT molecular complexity index is 921. The summed E-state index contributed by atoms with van der Waals surface area (Å²) in [7, 11) is 0. The lowest BCUT2D eigenvalue weighted by Gasteiger charge is -2.49. The van der Waals surface area contributed by atoms with Gasteiger partial charge < -0.3 is 10.4 Å². The van der Waals surface area contributed by atoms with Gasteiger partial charge in [-0.1, -0.05) is 13.0 Å². The molecule has 1 fully saturated rings. The van der Waals surface area contributed by atoms with Gasteiger partial charge in [0.25, 0.3) is 5.91 Å². The van der Waals surface area contributed by atoms with Crippen LogP contribution in [-0.2, 0) is 11.8 Å². The Balaban J connectivity index is 1.66. The van der Waals surface area contributed by atoms with E-state index in [2.05, 4.69) is 29.4 Å². The van der Waals surface area contributed by atoms with Crippen molar-refractivity contribution < 1.29 is 9.90 Å². The first-order valence-corrected chi connectivity index (χ1v) is 10.9. The van der Waals surface area contributed by atoms with Gasteiger partial charge >= 0.3 is 0 Å². The van der Waals surface area contributed by atoms with Gasteiger partial charge in [-0.3, -0.25) is 9.78 Å². The molecule has 3 atom stereocenters. The molecule has 1 heterocycles. The summed E-state index contributed by atoms with van der Waals surface area (Å²) in [5.74, 6) is 0.428. The van der Waals surface area contributed by atoms with Crippen molar-refractivity contribution in [2.24, 2.45) is 5.92 Å². The number of carbonyl (C=O) groups is 1. The van der Waals surface area contributed by atoms with Crippen LogP contribution in [0.5, 0.6) is 0 Å². The lowest BCUT2D eigenvalue weighted by Crippen LogP contribution is -2.46. The van der Waals surface area contributed by atoms with Crippen molar-refractivity contribution >= 4 is 11.6 Å². The van der Waals surface area contributed by atoms with Crippen molar-refractivity contribution in [3.8, 4) is 0 Å². The number of amides is 1. The maximum Gasteiger partial charge on any atom is 0.255 e. The van der Waals surface area contributed by atoms with Crippen LogP contribution in [0.15, 0.2) is 36.5 Å². The minimum absolute atomic E-state index is 0.0816. The standard InChI is InChI=1S/C25H32N2O2/c1-4-25-13-12-24(3,29)16-20(25)8-5-7-18-15-19(10-11-21(18)25)23(28)27-22-9-6-14-26-17(22)2/h6,9-11,14-15,20,29H,4-5,7-8,12-13,16H2,1-3H3,(H,27,28). The molecule has 0 spiro atoms. The molecule has 2 aliphatic carbocycles. The molecule has 0 bridgehead atoms. The molecule has 2 aromatic rings. The predicted octanol–water partition coefficient (Wildman–Crippen LogP) is 5.18. The molecular formula is C25H32N2O2. The van der Waals surface area contributed by atoms with Crippen molar-refractivity contribution in [1.82, 2.24) is 4.98 Å². The summed E-state index contributed by atoms with van der Waals surface area (Å²) < 4.78 is 0. The molecule has 0 saturated heterocycles. The lowest BCUT2D eigenvalue weighted by molar-refractivity contribution is -0.0340. The third kappa shape index (κ3) is 3.71. The van der Waals surface area contributed by atoms with E-state index in [-0.39, 0.29) is 11.3 Å². The summed E-state index contributed by atoms with van der Waals surface area (Å²) in [5.41, 5.74) is 4.58. The molecule has 1 aromatic heterocycles. The van der Waals surface area contributed by atoms with E-state index in [0.717, 1.165) is 56.3 Å². The van der Waals surface area contributed by atoms with Crippen LogP contribution in [0.3, 0.4) is 0 Å². The Kier molecular flexibility index (Phi) is 5.24. The quantitative estimate of drug-likeness (QED) is 0.757. The average molecular weight is 393 g/mol. The third-order valence-electron chi connectivity index (χ3n) is 7.37. The van der Waals surface area contributed by atoms with Gasteiger partial charge in [0, 0.05) is 11.8 Å². The van der Waals surface area contributed by atoms with Crippen LogP contribution in [0, 0.1) is 12.8 Å². The van der Waals surface area contributed by atoms with E-state index in [1.54, 1.807) is 6.20 Å². The maximum absolute atomic E-state index is 12.9. The highest BCUT2D eigenvalue weighted by atomic mass is 16.3. The zero-order chi connectivity index (χ0) is 20.6. The number of carbonyl (C=O) groups excluding carboxylic acids is 1. The Labute approximate surface area is 173 Å². The second-order valence-electron chi connectivity index (χ2n) is 9.26. The van der Waals surface area contributed by atoms with Gasteiger partial charge in [-0.05, 0) is 106 Å². The molecule has 3 unspecified atom stereocenters. The predicted molar refractivity (Wildman–Crippen MR) is 116 cm³/mol. The lowest BCUT2D eigenvalue weighted by atomic mass is 9.57. The van der Waals surface area contributed by atoms with E-state index < -0.39 is 5.60 Å². The van der Waals surface area contributed by atoms with Crippen LogP contribution in [0.2, 0.25) is 0 Å². The number of hydrogen-bond acceptors (Lipinski definition) is 3. The van der Waals surface area contributed by atoms with Gasteiger partial charge in [0.15, 0.2) is 0 Å². The van der Waals surface area contributed by atoms with Gasteiger partial charge in [0.05, 0.1) is 17.0 Å². The summed E-state index contributed by atoms with van der Waals surface area (Å²) in [5, 5.41) is 13.7. The molecule has 1 saturated carbocycles. The summed E-state index contributed by atoms with van der Waals surface area (Å²) in [4.78, 5) is 17.1. The van der Waals surface area contributed by atoms with E-state index in [0.29, 0.717) is 11.5 Å². The first kappa shape index (κ1) is 20.1. The summed E-state index contributed by atoms with van der Waals surface area (Å²) in [6, 6.07) is 9.99. The number of rotatable bonds is 3. The summed E-state index contributed by atoms with van der Waals surface area (Å²) >= 11 is 0. The Hall–Kier alpha value is -2.20. The molecule has 4 heteroatoms. The highest BCUT2D eigenvalue weighted by molar-refractivity contribution is 6.04. The van der Waals surface area contributed by atoms with Gasteiger partial charge in [-0.25, -0.2) is 0 Å². The van der Waals surface area contributed by atoms with Crippen molar-refractivity contribution in [2.45, 2.75) is 76.7 Å². The smallest absolute Gasteiger partial charge is 0.255 e. The minimum Gasteiger partial charge on any atom is -0.390 e. The number of nitrogens with zero attached hydrogens (tertiary/aromatic N) is 1. The molecule has 4 nitrogen and oxygen atoms in total. The number of fused-ring (bicyclic) bond motifs is 3. The van der Waals surface area contributed by atoms with Crippen molar-refractivity contribution in [2.75, 3.05) is 5.32 Å². The van der Waals surface area contributed by atoms with Gasteiger partial charge in [0.2, 0.25) is 0 Å². The second-order valence-corrected chi connectivity index (χ2v) is 9.26. The highest BCUT2D eigenvalue weighted by Gasteiger charge is 2.48. The van der Waals surface area contributed by atoms with Gasteiger partial charge in [-0.15, -0.1) is 0 Å². The second kappa shape index (κ2) is 7.56. The first-order chi connectivity index (χ1) is 13.8. The number of nitrogens with one attached hydrogen (secondary N) is 1. The van der Waals surface area contributed by atoms with Crippen LogP contribution in [0.4, 0.5) is 5.69 Å². The molecule has 154 valence electrons. The maximum atomic E-state index is 12.9. The number of hydrogen-bond donors (Lipinski definition) is 2. The molecule has 1 amide bonds. The van der Waals surface area contributed by atoms with Gasteiger partial charge in [-0.2, -0.15) is 0 Å². The first-order valence-electron chi connectivity index (χ1n) is 10.9. The zero-order valence-electron chi connectivity index (χ0n) is 17.8.